The first-order chi connectivity index (χ1) is 12.6. The zero-order valence-electron chi connectivity index (χ0n) is 15.1. The molecule has 0 bridgehead atoms. The maximum Gasteiger partial charge on any atom is 0.360 e. The molecule has 0 saturated carbocycles. The Morgan fingerprint density at radius 2 is 1.65 bits per heavy atom. The van der Waals surface area contributed by atoms with Gasteiger partial charge in [0.2, 0.25) is 0 Å². The van der Waals surface area contributed by atoms with Crippen LogP contribution < -0.4 is 5.32 Å². The molecule has 0 atom stereocenters. The minimum atomic E-state index is -0.445. The van der Waals surface area contributed by atoms with Crippen molar-refractivity contribution >= 4 is 22.8 Å². The fraction of sp³-hybridized carbons (Fsp3) is 0.286. The van der Waals surface area contributed by atoms with Gasteiger partial charge in [-0.25, -0.2) is 14.8 Å². The third-order valence-electron chi connectivity index (χ3n) is 3.86. The van der Waals surface area contributed by atoms with Crippen LogP contribution in [-0.4, -0.2) is 29.1 Å². The van der Waals surface area contributed by atoms with Gasteiger partial charge in [0, 0.05) is 6.54 Å². The number of benzene rings is 2. The van der Waals surface area contributed by atoms with Crippen molar-refractivity contribution in [1.82, 2.24) is 9.97 Å². The average molecular weight is 349 g/mol. The van der Waals surface area contributed by atoms with E-state index in [0.29, 0.717) is 24.5 Å². The van der Waals surface area contributed by atoms with Crippen LogP contribution in [0.5, 0.6) is 0 Å². The van der Waals surface area contributed by atoms with Gasteiger partial charge in [0.1, 0.15) is 0 Å². The average Bonchev–Trinajstić information content (AvgIpc) is 2.66. The number of hydrogen-bond donors (Lipinski definition) is 1. The minimum Gasteiger partial charge on any atom is -0.461 e. The molecule has 1 aromatic heterocycles. The Kier molecular flexibility index (Phi) is 5.79. The largest absolute Gasteiger partial charge is 0.461 e. The van der Waals surface area contributed by atoms with Gasteiger partial charge in [0.25, 0.3) is 0 Å². The Labute approximate surface area is 153 Å². The molecule has 1 heterocycles. The first-order valence-electron chi connectivity index (χ1n) is 8.85. The second kappa shape index (κ2) is 8.43. The van der Waals surface area contributed by atoms with Crippen LogP contribution in [0.4, 0.5) is 5.82 Å². The normalized spacial score (nSPS) is 10.9. The summed E-state index contributed by atoms with van der Waals surface area (Å²) in [5.74, 6) is 0.286. The molecule has 3 rings (SSSR count). The summed E-state index contributed by atoms with van der Waals surface area (Å²) < 4.78 is 5.36. The molecule has 0 aliphatic rings. The van der Waals surface area contributed by atoms with E-state index in [4.69, 9.17) is 4.74 Å². The number of esters is 1. The molecule has 134 valence electrons. The Balaban J connectivity index is 1.81. The molecule has 2 aromatic carbocycles. The first kappa shape index (κ1) is 17.9. The number of ether oxygens (including phenoxy) is 1. The van der Waals surface area contributed by atoms with Crippen LogP contribution in [0.2, 0.25) is 0 Å². The highest BCUT2D eigenvalue weighted by Gasteiger charge is 2.18. The van der Waals surface area contributed by atoms with Crippen molar-refractivity contribution in [3.63, 3.8) is 0 Å². The molecule has 0 unspecified atom stereocenters. The second-order valence-corrected chi connectivity index (χ2v) is 6.56. The molecule has 0 aliphatic heterocycles. The van der Waals surface area contributed by atoms with Crippen molar-refractivity contribution in [2.24, 2.45) is 5.92 Å². The summed E-state index contributed by atoms with van der Waals surface area (Å²) in [6.45, 7) is 5.01. The van der Waals surface area contributed by atoms with E-state index in [-0.39, 0.29) is 11.6 Å². The number of rotatable bonds is 7. The van der Waals surface area contributed by atoms with Crippen molar-refractivity contribution in [3.8, 4) is 0 Å². The number of aromatic nitrogens is 2. The summed E-state index contributed by atoms with van der Waals surface area (Å²) in [5.41, 5.74) is 2.88. The summed E-state index contributed by atoms with van der Waals surface area (Å²) in [4.78, 5) is 21.5. The van der Waals surface area contributed by atoms with Crippen molar-refractivity contribution < 1.29 is 9.53 Å². The Bertz CT molecular complexity index is 879. The van der Waals surface area contributed by atoms with Gasteiger partial charge in [-0.3, -0.25) is 0 Å². The molecule has 0 amide bonds. The van der Waals surface area contributed by atoms with Gasteiger partial charge in [0.05, 0.1) is 17.6 Å². The second-order valence-electron chi connectivity index (χ2n) is 6.56. The van der Waals surface area contributed by atoms with Gasteiger partial charge >= 0.3 is 5.97 Å². The number of hydrogen-bond acceptors (Lipinski definition) is 5. The lowest BCUT2D eigenvalue weighted by Crippen LogP contribution is -2.17. The number of carbonyl (C=O) groups excluding carboxylic acids is 1. The molecule has 1 N–H and O–H groups in total. The Morgan fingerprint density at radius 1 is 1.00 bits per heavy atom. The van der Waals surface area contributed by atoms with Gasteiger partial charge in [0.15, 0.2) is 11.5 Å². The molecule has 0 saturated heterocycles. The minimum absolute atomic E-state index is 0.234. The topological polar surface area (TPSA) is 64.1 Å². The molecule has 0 radical (unpaired) electrons. The first-order valence-corrected chi connectivity index (χ1v) is 8.85. The predicted molar refractivity (Wildman–Crippen MR) is 103 cm³/mol. The van der Waals surface area contributed by atoms with Crippen molar-refractivity contribution in [2.45, 2.75) is 20.3 Å². The van der Waals surface area contributed by atoms with Crippen LogP contribution in [0.1, 0.15) is 29.9 Å². The standard InChI is InChI=1S/C21H23N3O2/c1-15(2)14-26-21(25)19-20(22-13-12-16-8-4-3-5-9-16)24-18-11-7-6-10-17(18)23-19/h3-11,15H,12-14H2,1-2H3,(H,22,24). The van der Waals surface area contributed by atoms with Crippen molar-refractivity contribution in [1.29, 1.82) is 0 Å². The lowest BCUT2D eigenvalue weighted by molar-refractivity contribution is 0.0453. The molecular weight excluding hydrogens is 326 g/mol. The van der Waals surface area contributed by atoms with E-state index in [2.05, 4.69) is 27.4 Å². The van der Waals surface area contributed by atoms with Gasteiger partial charge < -0.3 is 10.1 Å². The van der Waals surface area contributed by atoms with Crippen molar-refractivity contribution in [3.05, 3.63) is 65.9 Å². The number of fused-ring (bicyclic) bond motifs is 1. The van der Waals surface area contributed by atoms with Crippen LogP contribution in [0.3, 0.4) is 0 Å². The zero-order valence-corrected chi connectivity index (χ0v) is 15.1. The Morgan fingerprint density at radius 3 is 2.35 bits per heavy atom. The summed E-state index contributed by atoms with van der Waals surface area (Å²) in [6, 6.07) is 17.7. The van der Waals surface area contributed by atoms with E-state index in [1.54, 1.807) is 0 Å². The van der Waals surface area contributed by atoms with E-state index < -0.39 is 5.97 Å². The highest BCUT2D eigenvalue weighted by atomic mass is 16.5. The molecule has 0 aliphatic carbocycles. The van der Waals surface area contributed by atoms with Crippen LogP contribution in [-0.2, 0) is 11.2 Å². The summed E-state index contributed by atoms with van der Waals surface area (Å²) >= 11 is 0. The van der Waals surface area contributed by atoms with Crippen LogP contribution in [0.25, 0.3) is 11.0 Å². The van der Waals surface area contributed by atoms with Crippen molar-refractivity contribution in [2.75, 3.05) is 18.5 Å². The van der Waals surface area contributed by atoms with Gasteiger partial charge in [-0.05, 0) is 30.0 Å². The fourth-order valence-electron chi connectivity index (χ4n) is 2.55. The third-order valence-corrected chi connectivity index (χ3v) is 3.86. The van der Waals surface area contributed by atoms with E-state index >= 15 is 0 Å². The summed E-state index contributed by atoms with van der Waals surface area (Å²) in [5, 5.41) is 3.25. The molecule has 3 aromatic rings. The maximum atomic E-state index is 12.5. The summed E-state index contributed by atoms with van der Waals surface area (Å²) in [6.07, 6.45) is 0.829. The van der Waals surface area contributed by atoms with E-state index in [0.717, 1.165) is 11.9 Å². The highest BCUT2D eigenvalue weighted by molar-refractivity contribution is 5.95. The van der Waals surface area contributed by atoms with Gasteiger partial charge in [-0.15, -0.1) is 0 Å². The number of para-hydroxylation sites is 2. The monoisotopic (exact) mass is 349 g/mol. The fourth-order valence-corrected chi connectivity index (χ4v) is 2.55. The molecule has 0 spiro atoms. The quantitative estimate of drug-likeness (QED) is 0.651. The smallest absolute Gasteiger partial charge is 0.360 e. The molecular formula is C21H23N3O2. The summed E-state index contributed by atoms with van der Waals surface area (Å²) in [7, 11) is 0. The lowest BCUT2D eigenvalue weighted by atomic mass is 10.1. The number of nitrogens with zero attached hydrogens (tertiary/aromatic N) is 2. The number of nitrogens with one attached hydrogen (secondary N) is 1. The molecule has 26 heavy (non-hydrogen) atoms. The lowest BCUT2D eigenvalue weighted by Gasteiger charge is -2.12. The molecule has 0 fully saturated rings. The third kappa shape index (κ3) is 4.57. The van der Waals surface area contributed by atoms with E-state index in [1.807, 2.05) is 56.3 Å². The van der Waals surface area contributed by atoms with E-state index in [9.17, 15) is 4.79 Å². The van der Waals surface area contributed by atoms with Crippen LogP contribution in [0.15, 0.2) is 54.6 Å². The van der Waals surface area contributed by atoms with Crippen LogP contribution >= 0.6 is 0 Å². The van der Waals surface area contributed by atoms with Crippen LogP contribution in [0, 0.1) is 5.92 Å². The highest BCUT2D eigenvalue weighted by Crippen LogP contribution is 2.18. The van der Waals surface area contributed by atoms with Gasteiger partial charge in [-0.1, -0.05) is 56.3 Å². The maximum absolute atomic E-state index is 12.5. The predicted octanol–water partition coefficient (Wildman–Crippen LogP) is 4.10. The number of anilines is 1. The van der Waals surface area contributed by atoms with Gasteiger partial charge in [-0.2, -0.15) is 0 Å². The zero-order chi connectivity index (χ0) is 18.4. The SMILES string of the molecule is CC(C)COC(=O)c1nc2ccccc2nc1NCCc1ccccc1. The number of carbonyl (C=O) groups is 1. The molecule has 5 heteroatoms. The van der Waals surface area contributed by atoms with E-state index in [1.165, 1.54) is 5.56 Å². The Hall–Kier alpha value is -2.95. The molecule has 5 nitrogen and oxygen atoms in total.